The van der Waals surface area contributed by atoms with E-state index in [2.05, 4.69) is 21.4 Å². The van der Waals surface area contributed by atoms with Crippen molar-refractivity contribution in [1.29, 1.82) is 0 Å². The number of hydrogen-bond donors (Lipinski definition) is 2. The Morgan fingerprint density at radius 2 is 1.90 bits per heavy atom. The van der Waals surface area contributed by atoms with Gasteiger partial charge in [-0.3, -0.25) is 11.3 Å². The van der Waals surface area contributed by atoms with Gasteiger partial charge < -0.3 is 0 Å². The predicted molar refractivity (Wildman–Crippen MR) is 79.3 cm³/mol. The predicted octanol–water partition coefficient (Wildman–Crippen LogP) is 4.13. The highest BCUT2D eigenvalue weighted by molar-refractivity contribution is 9.10. The van der Waals surface area contributed by atoms with E-state index in [1.807, 2.05) is 0 Å². The molecule has 0 radical (unpaired) electrons. The number of nitrogens with one attached hydrogen (secondary N) is 1. The summed E-state index contributed by atoms with van der Waals surface area (Å²) in [6, 6.07) is 8.72. The Hall–Kier alpha value is -1.01. The van der Waals surface area contributed by atoms with Crippen LogP contribution in [0.25, 0.3) is 0 Å². The van der Waals surface area contributed by atoms with Gasteiger partial charge in [-0.25, -0.2) is 8.78 Å². The van der Waals surface area contributed by atoms with Gasteiger partial charge in [0.2, 0.25) is 0 Å². The second-order valence-corrected chi connectivity index (χ2v) is 5.66. The highest BCUT2D eigenvalue weighted by Gasteiger charge is 2.16. The van der Waals surface area contributed by atoms with Gasteiger partial charge in [-0.1, -0.05) is 39.7 Å². The van der Waals surface area contributed by atoms with Crippen molar-refractivity contribution in [2.75, 3.05) is 0 Å². The average molecular weight is 362 g/mol. The molecule has 6 heteroatoms. The molecule has 0 spiro atoms. The molecular formula is C14H12BrClF2N2. The molecule has 0 fully saturated rings. The molecule has 20 heavy (non-hydrogen) atoms. The lowest BCUT2D eigenvalue weighted by molar-refractivity contribution is 0.510. The normalized spacial score (nSPS) is 12.4. The SMILES string of the molecule is NNC(Cc1ccc(F)c(Cl)c1)c1ccc(Br)cc1F. The third kappa shape index (κ3) is 3.55. The first-order valence-corrected chi connectivity index (χ1v) is 7.03. The van der Waals surface area contributed by atoms with Gasteiger partial charge in [-0.15, -0.1) is 0 Å². The minimum atomic E-state index is -0.484. The summed E-state index contributed by atoms with van der Waals surface area (Å²) in [5.74, 6) is 4.64. The van der Waals surface area contributed by atoms with E-state index >= 15 is 0 Å². The van der Waals surface area contributed by atoms with Crippen molar-refractivity contribution < 1.29 is 8.78 Å². The Bertz CT molecular complexity index is 622. The topological polar surface area (TPSA) is 38.0 Å². The van der Waals surface area contributed by atoms with Crippen LogP contribution in [-0.4, -0.2) is 0 Å². The van der Waals surface area contributed by atoms with Gasteiger partial charge in [0.15, 0.2) is 0 Å². The van der Waals surface area contributed by atoms with Crippen LogP contribution in [0.15, 0.2) is 40.9 Å². The number of nitrogens with two attached hydrogens (primary N) is 1. The van der Waals surface area contributed by atoms with E-state index in [1.54, 1.807) is 18.2 Å². The molecule has 1 atom stereocenters. The van der Waals surface area contributed by atoms with Gasteiger partial charge in [0.05, 0.1) is 11.1 Å². The van der Waals surface area contributed by atoms with E-state index in [9.17, 15) is 8.78 Å². The Kier molecular flexibility index (Phi) is 5.10. The fourth-order valence-electron chi connectivity index (χ4n) is 1.95. The third-order valence-electron chi connectivity index (χ3n) is 2.96. The van der Waals surface area contributed by atoms with Crippen LogP contribution in [0.5, 0.6) is 0 Å². The van der Waals surface area contributed by atoms with Crippen LogP contribution in [0.1, 0.15) is 17.2 Å². The zero-order chi connectivity index (χ0) is 14.7. The highest BCUT2D eigenvalue weighted by Crippen LogP contribution is 2.25. The van der Waals surface area contributed by atoms with Crippen molar-refractivity contribution in [3.05, 3.63) is 68.7 Å². The summed E-state index contributed by atoms with van der Waals surface area (Å²) in [7, 11) is 0. The molecule has 0 amide bonds. The minimum absolute atomic E-state index is 0.0366. The number of hydrazine groups is 1. The maximum absolute atomic E-state index is 13.9. The summed E-state index contributed by atoms with van der Waals surface area (Å²) < 4.78 is 27.7. The van der Waals surface area contributed by atoms with Crippen LogP contribution in [0.2, 0.25) is 5.02 Å². The Morgan fingerprint density at radius 3 is 2.50 bits per heavy atom. The van der Waals surface area contributed by atoms with Gasteiger partial charge in [0.25, 0.3) is 0 Å². The minimum Gasteiger partial charge on any atom is -0.271 e. The second kappa shape index (κ2) is 6.63. The third-order valence-corrected chi connectivity index (χ3v) is 3.75. The van der Waals surface area contributed by atoms with E-state index < -0.39 is 11.9 Å². The number of benzene rings is 2. The smallest absolute Gasteiger partial charge is 0.141 e. The van der Waals surface area contributed by atoms with Gasteiger partial charge in [0, 0.05) is 10.0 Å². The number of hydrogen-bond acceptors (Lipinski definition) is 2. The van der Waals surface area contributed by atoms with Crippen molar-refractivity contribution in [1.82, 2.24) is 5.43 Å². The van der Waals surface area contributed by atoms with Crippen molar-refractivity contribution >= 4 is 27.5 Å². The molecule has 0 aromatic heterocycles. The molecule has 1 unspecified atom stereocenters. The summed E-state index contributed by atoms with van der Waals surface area (Å²) >= 11 is 8.93. The van der Waals surface area contributed by atoms with E-state index in [0.29, 0.717) is 16.5 Å². The second-order valence-electron chi connectivity index (χ2n) is 4.34. The van der Waals surface area contributed by atoms with E-state index in [0.717, 1.165) is 5.56 Å². The standard InChI is InChI=1S/C14H12BrClF2N2/c15-9-2-3-10(13(18)7-9)14(20-19)6-8-1-4-12(17)11(16)5-8/h1-5,7,14,20H,6,19H2. The van der Waals surface area contributed by atoms with E-state index in [-0.39, 0.29) is 10.8 Å². The maximum Gasteiger partial charge on any atom is 0.141 e. The molecule has 2 rings (SSSR count). The molecule has 3 N–H and O–H groups in total. The quantitative estimate of drug-likeness (QED) is 0.635. The fraction of sp³-hybridized carbons (Fsp3) is 0.143. The summed E-state index contributed by atoms with van der Waals surface area (Å²) in [5.41, 5.74) is 3.78. The van der Waals surface area contributed by atoms with Gasteiger partial charge >= 0.3 is 0 Å². The molecular weight excluding hydrogens is 350 g/mol. The lowest BCUT2D eigenvalue weighted by atomic mass is 9.99. The molecule has 2 aromatic rings. The molecule has 2 nitrogen and oxygen atoms in total. The first-order chi connectivity index (χ1) is 9.51. The first-order valence-electron chi connectivity index (χ1n) is 5.86. The molecule has 0 heterocycles. The van der Waals surface area contributed by atoms with Crippen LogP contribution in [0, 0.1) is 11.6 Å². The van der Waals surface area contributed by atoms with Gasteiger partial charge in [0.1, 0.15) is 11.6 Å². The highest BCUT2D eigenvalue weighted by atomic mass is 79.9. The average Bonchev–Trinajstić information content (AvgIpc) is 2.41. The zero-order valence-electron chi connectivity index (χ0n) is 10.3. The molecule has 0 bridgehead atoms. The van der Waals surface area contributed by atoms with Crippen molar-refractivity contribution in [3.63, 3.8) is 0 Å². The Morgan fingerprint density at radius 1 is 1.15 bits per heavy atom. The lowest BCUT2D eigenvalue weighted by Gasteiger charge is -2.17. The fourth-order valence-corrected chi connectivity index (χ4v) is 2.48. The van der Waals surface area contributed by atoms with Crippen LogP contribution >= 0.6 is 27.5 Å². The molecule has 106 valence electrons. The summed E-state index contributed by atoms with van der Waals surface area (Å²) in [5, 5.41) is 0.0366. The molecule has 0 saturated carbocycles. The Balaban J connectivity index is 2.26. The van der Waals surface area contributed by atoms with Crippen molar-refractivity contribution in [2.24, 2.45) is 5.84 Å². The van der Waals surface area contributed by atoms with Crippen LogP contribution in [0.4, 0.5) is 8.78 Å². The maximum atomic E-state index is 13.9. The molecule has 0 aliphatic heterocycles. The molecule has 0 aliphatic carbocycles. The molecule has 2 aromatic carbocycles. The van der Waals surface area contributed by atoms with Gasteiger partial charge in [-0.05, 0) is 36.2 Å². The largest absolute Gasteiger partial charge is 0.271 e. The molecule has 0 saturated heterocycles. The number of rotatable bonds is 4. The van der Waals surface area contributed by atoms with Crippen LogP contribution in [0.3, 0.4) is 0 Å². The van der Waals surface area contributed by atoms with Crippen LogP contribution in [-0.2, 0) is 6.42 Å². The summed E-state index contributed by atoms with van der Waals surface area (Å²) in [4.78, 5) is 0. The Labute approximate surface area is 129 Å². The van der Waals surface area contributed by atoms with Crippen molar-refractivity contribution in [2.45, 2.75) is 12.5 Å². The van der Waals surface area contributed by atoms with Crippen LogP contribution < -0.4 is 11.3 Å². The lowest BCUT2D eigenvalue weighted by Crippen LogP contribution is -2.30. The van der Waals surface area contributed by atoms with E-state index in [1.165, 1.54) is 18.2 Å². The molecule has 0 aliphatic rings. The van der Waals surface area contributed by atoms with Gasteiger partial charge in [-0.2, -0.15) is 0 Å². The van der Waals surface area contributed by atoms with E-state index in [4.69, 9.17) is 17.4 Å². The zero-order valence-corrected chi connectivity index (χ0v) is 12.7. The monoisotopic (exact) mass is 360 g/mol. The summed E-state index contributed by atoms with van der Waals surface area (Å²) in [6.07, 6.45) is 0.398. The van der Waals surface area contributed by atoms with Crippen molar-refractivity contribution in [3.8, 4) is 0 Å². The summed E-state index contributed by atoms with van der Waals surface area (Å²) in [6.45, 7) is 0. The first kappa shape index (κ1) is 15.4. The number of halogens is 4.